The Labute approximate surface area is 185 Å². The number of hydrogen-bond donors (Lipinski definition) is 0. The van der Waals surface area contributed by atoms with E-state index in [2.05, 4.69) is 51.9 Å². The van der Waals surface area contributed by atoms with Gasteiger partial charge in [-0.15, -0.1) is 5.10 Å². The number of nitrogens with zero attached hydrogens (tertiary/aromatic N) is 6. The summed E-state index contributed by atoms with van der Waals surface area (Å²) in [5.41, 5.74) is 4.30. The average molecular weight is 433 g/mol. The van der Waals surface area contributed by atoms with E-state index in [0.717, 1.165) is 32.0 Å². The largest absolute Gasteiger partial charge is 0.368 e. The summed E-state index contributed by atoms with van der Waals surface area (Å²) in [6.45, 7) is 7.99. The molecule has 3 heterocycles. The molecule has 8 heteroatoms. The Morgan fingerprint density at radius 2 is 1.72 bits per heavy atom. The highest BCUT2D eigenvalue weighted by Gasteiger charge is 2.21. The predicted octanol–water partition coefficient (Wildman–Crippen LogP) is 3.02. The summed E-state index contributed by atoms with van der Waals surface area (Å²) in [4.78, 5) is 21.9. The molecule has 7 nitrogen and oxygen atoms in total. The Morgan fingerprint density at radius 1 is 0.969 bits per heavy atom. The van der Waals surface area contributed by atoms with E-state index in [9.17, 15) is 9.18 Å². The molecule has 0 amide bonds. The maximum absolute atomic E-state index is 13.5. The Bertz CT molecular complexity index is 1340. The molecule has 0 bridgehead atoms. The van der Waals surface area contributed by atoms with E-state index in [1.54, 1.807) is 18.3 Å². The first-order valence-corrected chi connectivity index (χ1v) is 10.8. The molecule has 1 saturated heterocycles. The van der Waals surface area contributed by atoms with Crippen molar-refractivity contribution in [1.29, 1.82) is 0 Å². The highest BCUT2D eigenvalue weighted by atomic mass is 19.1. The number of fused-ring (bicyclic) bond motifs is 1. The molecule has 0 saturated carbocycles. The van der Waals surface area contributed by atoms with Gasteiger partial charge < -0.3 is 9.80 Å². The van der Waals surface area contributed by atoms with E-state index in [4.69, 9.17) is 0 Å². The lowest BCUT2D eigenvalue weighted by Crippen LogP contribution is -2.47. The van der Waals surface area contributed by atoms with E-state index in [1.807, 2.05) is 6.07 Å². The molecule has 1 aliphatic heterocycles. The van der Waals surface area contributed by atoms with Crippen molar-refractivity contribution in [2.45, 2.75) is 20.4 Å². The van der Waals surface area contributed by atoms with Crippen molar-refractivity contribution >= 4 is 17.3 Å². The molecule has 1 fully saturated rings. The van der Waals surface area contributed by atoms with Crippen LogP contribution in [-0.4, -0.2) is 45.3 Å². The quantitative estimate of drug-likeness (QED) is 0.496. The molecule has 0 atom stereocenters. The Morgan fingerprint density at radius 3 is 2.50 bits per heavy atom. The fourth-order valence-corrected chi connectivity index (χ4v) is 4.24. The van der Waals surface area contributed by atoms with Gasteiger partial charge in [-0.2, -0.15) is 4.98 Å². The van der Waals surface area contributed by atoms with Crippen LogP contribution in [0.3, 0.4) is 0 Å². The number of benzene rings is 2. The van der Waals surface area contributed by atoms with Crippen LogP contribution >= 0.6 is 0 Å². The third kappa shape index (κ3) is 3.72. The van der Waals surface area contributed by atoms with Crippen molar-refractivity contribution in [2.75, 3.05) is 36.0 Å². The third-order valence-electron chi connectivity index (χ3n) is 6.18. The molecule has 4 aromatic rings. The van der Waals surface area contributed by atoms with Crippen LogP contribution in [0.4, 0.5) is 15.9 Å². The predicted molar refractivity (Wildman–Crippen MR) is 123 cm³/mol. The monoisotopic (exact) mass is 432 g/mol. The highest BCUT2D eigenvalue weighted by Crippen LogP contribution is 2.25. The maximum Gasteiger partial charge on any atom is 0.351 e. The van der Waals surface area contributed by atoms with Crippen LogP contribution in [-0.2, 0) is 6.54 Å². The second kappa shape index (κ2) is 8.11. The fourth-order valence-electron chi connectivity index (χ4n) is 4.24. The van der Waals surface area contributed by atoms with Gasteiger partial charge in [-0.3, -0.25) is 0 Å². The van der Waals surface area contributed by atoms with Crippen LogP contribution in [0, 0.1) is 19.7 Å². The van der Waals surface area contributed by atoms with E-state index >= 15 is 0 Å². The maximum atomic E-state index is 13.5. The number of aryl methyl sites for hydroxylation is 1. The smallest absolute Gasteiger partial charge is 0.351 e. The van der Waals surface area contributed by atoms with Crippen molar-refractivity contribution in [3.8, 4) is 0 Å². The molecule has 0 N–H and O–H groups in total. The van der Waals surface area contributed by atoms with E-state index in [1.165, 1.54) is 38.0 Å². The summed E-state index contributed by atoms with van der Waals surface area (Å²) >= 11 is 0. The van der Waals surface area contributed by atoms with Crippen LogP contribution < -0.4 is 15.5 Å². The fraction of sp³-hybridized carbons (Fsp3) is 0.292. The minimum Gasteiger partial charge on any atom is -0.368 e. The Balaban J connectivity index is 1.34. The SMILES string of the molecule is Cc1cccc(N2CCN(c3ccn4c(=O)n(Cc5cccc(F)c5)nc4n3)CC2)c1C. The van der Waals surface area contributed by atoms with Gasteiger partial charge in [0.1, 0.15) is 11.6 Å². The number of piperazine rings is 1. The number of anilines is 2. The molecular formula is C24H25FN6O. The zero-order valence-corrected chi connectivity index (χ0v) is 18.2. The van der Waals surface area contributed by atoms with Gasteiger partial charge in [-0.05, 0) is 54.8 Å². The zero-order chi connectivity index (χ0) is 22.2. The molecule has 0 unspecified atom stereocenters. The normalized spacial score (nSPS) is 14.3. The topological polar surface area (TPSA) is 58.7 Å². The minimum atomic E-state index is -0.334. The molecule has 0 radical (unpaired) electrons. The molecule has 1 aliphatic rings. The lowest BCUT2D eigenvalue weighted by atomic mass is 10.1. The average Bonchev–Trinajstić information content (AvgIpc) is 3.10. The van der Waals surface area contributed by atoms with Crippen molar-refractivity contribution in [2.24, 2.45) is 0 Å². The van der Waals surface area contributed by atoms with Gasteiger partial charge in [0.25, 0.3) is 5.78 Å². The summed E-state index contributed by atoms with van der Waals surface area (Å²) in [5, 5.41) is 4.37. The van der Waals surface area contributed by atoms with Gasteiger partial charge in [-0.25, -0.2) is 18.3 Å². The molecule has 32 heavy (non-hydrogen) atoms. The van der Waals surface area contributed by atoms with Gasteiger partial charge in [0.2, 0.25) is 0 Å². The van der Waals surface area contributed by atoms with E-state index < -0.39 is 0 Å². The summed E-state index contributed by atoms with van der Waals surface area (Å²) in [5.74, 6) is 0.821. The molecular weight excluding hydrogens is 407 g/mol. The first kappa shape index (κ1) is 20.2. The standard InChI is InChI=1S/C24H25FN6O/c1-17-5-3-8-21(18(17)2)28-11-13-29(14-12-28)22-9-10-30-23(26-22)27-31(24(30)32)16-19-6-4-7-20(25)15-19/h3-10,15H,11-14,16H2,1-2H3. The molecule has 5 rings (SSSR count). The number of aromatic nitrogens is 4. The van der Waals surface area contributed by atoms with Gasteiger partial charge in [0.05, 0.1) is 6.54 Å². The summed E-state index contributed by atoms with van der Waals surface area (Å²) in [6.07, 6.45) is 1.71. The van der Waals surface area contributed by atoms with E-state index in [-0.39, 0.29) is 18.1 Å². The minimum absolute atomic E-state index is 0.198. The molecule has 164 valence electrons. The lowest BCUT2D eigenvalue weighted by Gasteiger charge is -2.37. The van der Waals surface area contributed by atoms with Gasteiger partial charge in [0, 0.05) is 38.1 Å². The second-order valence-electron chi connectivity index (χ2n) is 8.22. The van der Waals surface area contributed by atoms with Crippen LogP contribution in [0.15, 0.2) is 59.5 Å². The molecule has 0 aliphatic carbocycles. The summed E-state index contributed by atoms with van der Waals surface area (Å²) in [7, 11) is 0. The Hall–Kier alpha value is -3.68. The van der Waals surface area contributed by atoms with Crippen molar-refractivity contribution in [1.82, 2.24) is 19.2 Å². The van der Waals surface area contributed by atoms with Gasteiger partial charge in [0.15, 0.2) is 0 Å². The lowest BCUT2D eigenvalue weighted by molar-refractivity contribution is 0.615. The van der Waals surface area contributed by atoms with Crippen molar-refractivity contribution in [3.05, 3.63) is 87.7 Å². The summed E-state index contributed by atoms with van der Waals surface area (Å²) < 4.78 is 16.2. The first-order valence-electron chi connectivity index (χ1n) is 10.8. The van der Waals surface area contributed by atoms with Crippen LogP contribution in [0.5, 0.6) is 0 Å². The Kier molecular flexibility index (Phi) is 5.13. The molecule has 0 spiro atoms. The van der Waals surface area contributed by atoms with Gasteiger partial charge in [-0.1, -0.05) is 24.3 Å². The van der Waals surface area contributed by atoms with Gasteiger partial charge >= 0.3 is 5.69 Å². The third-order valence-corrected chi connectivity index (χ3v) is 6.18. The molecule has 2 aromatic heterocycles. The number of hydrogen-bond acceptors (Lipinski definition) is 5. The van der Waals surface area contributed by atoms with Crippen LogP contribution in [0.2, 0.25) is 0 Å². The van der Waals surface area contributed by atoms with E-state index in [0.29, 0.717) is 11.3 Å². The summed E-state index contributed by atoms with van der Waals surface area (Å²) in [6, 6.07) is 14.5. The van der Waals surface area contributed by atoms with Crippen LogP contribution in [0.1, 0.15) is 16.7 Å². The van der Waals surface area contributed by atoms with Crippen molar-refractivity contribution in [3.63, 3.8) is 0 Å². The van der Waals surface area contributed by atoms with Crippen LogP contribution in [0.25, 0.3) is 5.78 Å². The zero-order valence-electron chi connectivity index (χ0n) is 18.2. The molecule has 2 aromatic carbocycles. The number of halogens is 1. The second-order valence-corrected chi connectivity index (χ2v) is 8.22. The first-order chi connectivity index (χ1) is 15.5. The number of rotatable bonds is 4. The highest BCUT2D eigenvalue weighted by molar-refractivity contribution is 5.57. The van der Waals surface area contributed by atoms with Crippen molar-refractivity contribution < 1.29 is 4.39 Å².